The summed E-state index contributed by atoms with van der Waals surface area (Å²) in [6, 6.07) is 0. The molecule has 0 spiro atoms. The Morgan fingerprint density at radius 1 is 1.27 bits per heavy atom. The molecule has 3 heterocycles. The highest BCUT2D eigenvalue weighted by molar-refractivity contribution is 5.92. The zero-order chi connectivity index (χ0) is 15.5. The van der Waals surface area contributed by atoms with Crippen LogP contribution in [0.5, 0.6) is 0 Å². The molecule has 1 aliphatic heterocycles. The standard InChI is InChI=1S/C15H19N5O2/c1-10-13(11(2)22-19-10)7-14(21)18-12-8-16-15(17-9-12)20-5-3-4-6-20/h8-9H,3-7H2,1-2H3,(H,18,21). The van der Waals surface area contributed by atoms with E-state index >= 15 is 0 Å². The van der Waals surface area contributed by atoms with Crippen LogP contribution >= 0.6 is 0 Å². The third-order valence-electron chi connectivity index (χ3n) is 3.83. The number of nitrogens with one attached hydrogen (secondary N) is 1. The molecule has 1 amide bonds. The van der Waals surface area contributed by atoms with Crippen LogP contribution in [0.15, 0.2) is 16.9 Å². The van der Waals surface area contributed by atoms with E-state index in [1.54, 1.807) is 19.3 Å². The van der Waals surface area contributed by atoms with Crippen LogP contribution in [0.4, 0.5) is 11.6 Å². The molecule has 1 fully saturated rings. The van der Waals surface area contributed by atoms with E-state index in [1.165, 1.54) is 12.8 Å². The Morgan fingerprint density at radius 2 is 1.95 bits per heavy atom. The fraction of sp³-hybridized carbons (Fsp3) is 0.467. The molecule has 0 bridgehead atoms. The monoisotopic (exact) mass is 301 g/mol. The van der Waals surface area contributed by atoms with Gasteiger partial charge in [0.15, 0.2) is 0 Å². The Kier molecular flexibility index (Phi) is 4.04. The predicted octanol–water partition coefficient (Wildman–Crippen LogP) is 1.86. The molecule has 1 aliphatic rings. The largest absolute Gasteiger partial charge is 0.361 e. The van der Waals surface area contributed by atoms with Crippen LogP contribution < -0.4 is 10.2 Å². The average Bonchev–Trinajstić information content (AvgIpc) is 3.14. The summed E-state index contributed by atoms with van der Waals surface area (Å²) in [6.07, 6.45) is 5.88. The SMILES string of the molecule is Cc1noc(C)c1CC(=O)Nc1cnc(N2CCCC2)nc1. The topological polar surface area (TPSA) is 84.2 Å². The van der Waals surface area contributed by atoms with Gasteiger partial charge in [-0.2, -0.15) is 0 Å². The van der Waals surface area contributed by atoms with Gasteiger partial charge in [-0.15, -0.1) is 0 Å². The third-order valence-corrected chi connectivity index (χ3v) is 3.83. The molecule has 2 aromatic rings. The maximum Gasteiger partial charge on any atom is 0.229 e. The van der Waals surface area contributed by atoms with Gasteiger partial charge in [0.1, 0.15) is 5.76 Å². The molecule has 1 saturated heterocycles. The van der Waals surface area contributed by atoms with Crippen molar-refractivity contribution in [1.82, 2.24) is 15.1 Å². The van der Waals surface area contributed by atoms with Gasteiger partial charge >= 0.3 is 0 Å². The molecule has 0 unspecified atom stereocenters. The van der Waals surface area contributed by atoms with E-state index in [1.807, 2.05) is 6.92 Å². The van der Waals surface area contributed by atoms with Crippen LogP contribution in [0.25, 0.3) is 0 Å². The molecular formula is C15H19N5O2. The number of carbonyl (C=O) groups is 1. The molecule has 116 valence electrons. The van der Waals surface area contributed by atoms with Crippen molar-refractivity contribution >= 4 is 17.5 Å². The molecule has 7 nitrogen and oxygen atoms in total. The van der Waals surface area contributed by atoms with Crippen LogP contribution in [0.3, 0.4) is 0 Å². The van der Waals surface area contributed by atoms with Gasteiger partial charge in [0.05, 0.1) is 30.2 Å². The normalized spacial score (nSPS) is 14.4. The lowest BCUT2D eigenvalue weighted by Gasteiger charge is -2.14. The van der Waals surface area contributed by atoms with E-state index in [0.717, 1.165) is 30.3 Å². The summed E-state index contributed by atoms with van der Waals surface area (Å²) in [4.78, 5) is 22.9. The molecule has 0 radical (unpaired) electrons. The fourth-order valence-electron chi connectivity index (χ4n) is 2.59. The second kappa shape index (κ2) is 6.13. The lowest BCUT2D eigenvalue weighted by molar-refractivity contribution is -0.115. The summed E-state index contributed by atoms with van der Waals surface area (Å²) in [5, 5.41) is 6.65. The first-order chi connectivity index (χ1) is 10.6. The smallest absolute Gasteiger partial charge is 0.229 e. The Hall–Kier alpha value is -2.44. The minimum absolute atomic E-state index is 0.132. The summed E-state index contributed by atoms with van der Waals surface area (Å²) < 4.78 is 5.06. The van der Waals surface area contributed by atoms with Gasteiger partial charge in [-0.05, 0) is 26.7 Å². The molecule has 0 aromatic carbocycles. The predicted molar refractivity (Wildman–Crippen MR) is 81.8 cm³/mol. The highest BCUT2D eigenvalue weighted by Crippen LogP contribution is 2.17. The van der Waals surface area contributed by atoms with Crippen LogP contribution in [0.2, 0.25) is 0 Å². The van der Waals surface area contributed by atoms with Gasteiger partial charge in [0, 0.05) is 18.7 Å². The molecule has 2 aromatic heterocycles. The molecule has 3 rings (SSSR count). The number of hydrogen-bond donors (Lipinski definition) is 1. The number of anilines is 2. The number of nitrogens with zero attached hydrogens (tertiary/aromatic N) is 4. The second-order valence-electron chi connectivity index (χ2n) is 5.49. The first-order valence-electron chi connectivity index (χ1n) is 7.42. The molecule has 7 heteroatoms. The Bertz CT molecular complexity index is 640. The lowest BCUT2D eigenvalue weighted by Crippen LogP contribution is -2.21. The van der Waals surface area contributed by atoms with Crippen molar-refractivity contribution in [3.8, 4) is 0 Å². The highest BCUT2D eigenvalue weighted by atomic mass is 16.5. The van der Waals surface area contributed by atoms with Crippen LogP contribution in [0.1, 0.15) is 29.9 Å². The molecule has 0 aliphatic carbocycles. The number of carbonyl (C=O) groups excluding carboxylic acids is 1. The van der Waals surface area contributed by atoms with Crippen molar-refractivity contribution < 1.29 is 9.32 Å². The van der Waals surface area contributed by atoms with Gasteiger partial charge in [-0.1, -0.05) is 5.16 Å². The summed E-state index contributed by atoms with van der Waals surface area (Å²) >= 11 is 0. The van der Waals surface area contributed by atoms with E-state index in [4.69, 9.17) is 4.52 Å². The van der Waals surface area contributed by atoms with Crippen molar-refractivity contribution in [2.75, 3.05) is 23.3 Å². The second-order valence-corrected chi connectivity index (χ2v) is 5.49. The maximum atomic E-state index is 12.1. The van der Waals surface area contributed by atoms with Gasteiger partial charge < -0.3 is 14.7 Å². The van der Waals surface area contributed by atoms with Crippen molar-refractivity contribution in [3.05, 3.63) is 29.4 Å². The van der Waals surface area contributed by atoms with Crippen molar-refractivity contribution in [2.24, 2.45) is 0 Å². The van der Waals surface area contributed by atoms with Crippen LogP contribution in [-0.2, 0) is 11.2 Å². The number of rotatable bonds is 4. The van der Waals surface area contributed by atoms with Crippen LogP contribution in [-0.4, -0.2) is 34.1 Å². The maximum absolute atomic E-state index is 12.1. The molecule has 22 heavy (non-hydrogen) atoms. The summed E-state index contributed by atoms with van der Waals surface area (Å²) in [7, 11) is 0. The fourth-order valence-corrected chi connectivity index (χ4v) is 2.59. The summed E-state index contributed by atoms with van der Waals surface area (Å²) in [5.74, 6) is 1.27. The quantitative estimate of drug-likeness (QED) is 0.928. The van der Waals surface area contributed by atoms with Crippen molar-refractivity contribution in [2.45, 2.75) is 33.1 Å². The van der Waals surface area contributed by atoms with Crippen molar-refractivity contribution in [3.63, 3.8) is 0 Å². The Labute approximate surface area is 128 Å². The average molecular weight is 301 g/mol. The first kappa shape index (κ1) is 14.5. The van der Waals surface area contributed by atoms with Gasteiger partial charge in [-0.3, -0.25) is 4.79 Å². The summed E-state index contributed by atoms with van der Waals surface area (Å²) in [5.41, 5.74) is 2.17. The first-order valence-corrected chi connectivity index (χ1v) is 7.42. The van der Waals surface area contributed by atoms with E-state index < -0.39 is 0 Å². The lowest BCUT2D eigenvalue weighted by atomic mass is 10.1. The van der Waals surface area contributed by atoms with Crippen LogP contribution in [0, 0.1) is 13.8 Å². The zero-order valence-corrected chi connectivity index (χ0v) is 12.8. The van der Waals surface area contributed by atoms with E-state index in [2.05, 4.69) is 25.3 Å². The van der Waals surface area contributed by atoms with Gasteiger partial charge in [0.2, 0.25) is 11.9 Å². The number of aryl methyl sites for hydroxylation is 2. The Morgan fingerprint density at radius 3 is 2.55 bits per heavy atom. The minimum Gasteiger partial charge on any atom is -0.361 e. The minimum atomic E-state index is -0.132. The molecular weight excluding hydrogens is 282 g/mol. The molecule has 0 saturated carbocycles. The van der Waals surface area contributed by atoms with Gasteiger partial charge in [0.25, 0.3) is 0 Å². The highest BCUT2D eigenvalue weighted by Gasteiger charge is 2.16. The molecule has 0 atom stereocenters. The third kappa shape index (κ3) is 3.08. The number of hydrogen-bond acceptors (Lipinski definition) is 6. The number of aromatic nitrogens is 3. The van der Waals surface area contributed by atoms with E-state index in [-0.39, 0.29) is 12.3 Å². The van der Waals surface area contributed by atoms with E-state index in [9.17, 15) is 4.79 Å². The Balaban J connectivity index is 1.61. The van der Waals surface area contributed by atoms with Gasteiger partial charge in [-0.25, -0.2) is 9.97 Å². The van der Waals surface area contributed by atoms with E-state index in [0.29, 0.717) is 11.4 Å². The zero-order valence-electron chi connectivity index (χ0n) is 12.8. The molecule has 1 N–H and O–H groups in total. The van der Waals surface area contributed by atoms with Crippen molar-refractivity contribution in [1.29, 1.82) is 0 Å². The number of amides is 1. The summed E-state index contributed by atoms with van der Waals surface area (Å²) in [6.45, 7) is 5.62.